The summed E-state index contributed by atoms with van der Waals surface area (Å²) in [5.74, 6) is 1.21. The molecule has 0 unspecified atom stereocenters. The van der Waals surface area contributed by atoms with Gasteiger partial charge in [0.2, 0.25) is 0 Å². The molecule has 1 aromatic rings. The molecule has 1 heterocycles. The molecule has 3 nitrogen and oxygen atoms in total. The predicted molar refractivity (Wildman–Crippen MR) is 90.5 cm³/mol. The topological polar surface area (TPSA) is 46.5 Å². The molecule has 23 heavy (non-hydrogen) atoms. The van der Waals surface area contributed by atoms with Crippen molar-refractivity contribution in [3.8, 4) is 11.5 Å². The molecule has 0 atom stereocenters. The zero-order valence-electron chi connectivity index (χ0n) is 12.8. The molecule has 118 valence electrons. The lowest BCUT2D eigenvalue weighted by molar-refractivity contribution is -0.114. The van der Waals surface area contributed by atoms with E-state index < -0.39 is 0 Å². The van der Waals surface area contributed by atoms with E-state index >= 15 is 0 Å². The summed E-state index contributed by atoms with van der Waals surface area (Å²) >= 11 is 6.04. The second-order valence-corrected chi connectivity index (χ2v) is 6.06. The lowest BCUT2D eigenvalue weighted by Gasteiger charge is -2.11. The third-order valence-electron chi connectivity index (χ3n) is 3.87. The molecular formula is C19H17ClO3. The average molecular weight is 329 g/mol. The van der Waals surface area contributed by atoms with Crippen LogP contribution in [0.3, 0.4) is 0 Å². The SMILES string of the molecule is CC1=C(/C2=C/C/C=C(/Cl)CC=C2)C(=O)Cc2ccc(O)cc2O1. The number of ketones is 1. The monoisotopic (exact) mass is 328 g/mol. The van der Waals surface area contributed by atoms with Gasteiger partial charge in [0.15, 0.2) is 5.78 Å². The molecule has 3 rings (SSSR count). The predicted octanol–water partition coefficient (Wildman–Crippen LogP) is 4.57. The van der Waals surface area contributed by atoms with Gasteiger partial charge >= 0.3 is 0 Å². The minimum atomic E-state index is 0.0125. The molecule has 4 heteroatoms. The van der Waals surface area contributed by atoms with E-state index in [1.54, 1.807) is 25.1 Å². The smallest absolute Gasteiger partial charge is 0.171 e. The number of fused-ring (bicyclic) bond motifs is 1. The van der Waals surface area contributed by atoms with Crippen molar-refractivity contribution in [3.63, 3.8) is 0 Å². The number of carbonyl (C=O) groups excluding carboxylic acids is 1. The number of carbonyl (C=O) groups is 1. The Balaban J connectivity index is 2.01. The number of aromatic hydroxyl groups is 1. The molecule has 0 amide bonds. The van der Waals surface area contributed by atoms with E-state index in [1.807, 2.05) is 24.3 Å². The number of rotatable bonds is 1. The molecule has 0 spiro atoms. The minimum absolute atomic E-state index is 0.0125. The maximum absolute atomic E-state index is 12.7. The fraction of sp³-hybridized carbons (Fsp3) is 0.211. The van der Waals surface area contributed by atoms with Gasteiger partial charge in [0.05, 0.1) is 5.57 Å². The lowest BCUT2D eigenvalue weighted by atomic mass is 9.94. The summed E-state index contributed by atoms with van der Waals surface area (Å²) in [5, 5.41) is 10.4. The average Bonchev–Trinajstić information content (AvgIpc) is 2.58. The van der Waals surface area contributed by atoms with Gasteiger partial charge in [0.1, 0.15) is 17.3 Å². The number of Topliss-reactive ketones (excluding diaryl/α,β-unsaturated/α-hetero) is 1. The second kappa shape index (κ2) is 6.47. The molecule has 0 radical (unpaired) electrons. The molecule has 1 aliphatic heterocycles. The number of halogens is 1. The van der Waals surface area contributed by atoms with Crippen molar-refractivity contribution < 1.29 is 14.6 Å². The van der Waals surface area contributed by atoms with E-state index in [-0.39, 0.29) is 18.0 Å². The summed E-state index contributed by atoms with van der Waals surface area (Å²) in [5.41, 5.74) is 2.22. The first-order valence-corrected chi connectivity index (χ1v) is 7.88. The van der Waals surface area contributed by atoms with Crippen LogP contribution < -0.4 is 4.74 Å². The summed E-state index contributed by atoms with van der Waals surface area (Å²) < 4.78 is 5.85. The van der Waals surface area contributed by atoms with Crippen molar-refractivity contribution in [3.05, 3.63) is 70.0 Å². The van der Waals surface area contributed by atoms with Gasteiger partial charge < -0.3 is 9.84 Å². The van der Waals surface area contributed by atoms with Crippen LogP contribution >= 0.6 is 11.6 Å². The van der Waals surface area contributed by atoms with Crippen LogP contribution in [0.2, 0.25) is 0 Å². The van der Waals surface area contributed by atoms with Gasteiger partial charge in [-0.3, -0.25) is 4.79 Å². The van der Waals surface area contributed by atoms with Crippen molar-refractivity contribution in [1.29, 1.82) is 0 Å². The quantitative estimate of drug-likeness (QED) is 0.821. The Bertz CT molecular complexity index is 782. The van der Waals surface area contributed by atoms with Crippen LogP contribution in [-0.4, -0.2) is 10.9 Å². The number of ether oxygens (including phenoxy) is 1. The molecule has 0 saturated heterocycles. The zero-order valence-corrected chi connectivity index (χ0v) is 13.6. The van der Waals surface area contributed by atoms with Crippen molar-refractivity contribution in [2.45, 2.75) is 26.2 Å². The Labute approximate surface area is 140 Å². The van der Waals surface area contributed by atoms with E-state index in [2.05, 4.69) is 0 Å². The van der Waals surface area contributed by atoms with E-state index in [0.717, 1.165) is 16.2 Å². The van der Waals surface area contributed by atoms with Crippen molar-refractivity contribution in [2.75, 3.05) is 0 Å². The minimum Gasteiger partial charge on any atom is -0.508 e. The van der Waals surface area contributed by atoms with Crippen LogP contribution in [-0.2, 0) is 11.2 Å². The van der Waals surface area contributed by atoms with Crippen molar-refractivity contribution >= 4 is 17.4 Å². The van der Waals surface area contributed by atoms with Crippen molar-refractivity contribution in [2.24, 2.45) is 0 Å². The van der Waals surface area contributed by atoms with Crippen LogP contribution in [0.25, 0.3) is 0 Å². The maximum atomic E-state index is 12.7. The summed E-state index contributed by atoms with van der Waals surface area (Å²) in [6.45, 7) is 1.78. The number of hydrogen-bond donors (Lipinski definition) is 1. The first-order valence-electron chi connectivity index (χ1n) is 7.50. The Morgan fingerprint density at radius 2 is 2.09 bits per heavy atom. The third-order valence-corrected chi connectivity index (χ3v) is 4.18. The molecule has 0 saturated carbocycles. The Morgan fingerprint density at radius 1 is 1.26 bits per heavy atom. The number of hydrogen-bond acceptors (Lipinski definition) is 3. The van der Waals surface area contributed by atoms with Gasteiger partial charge in [0, 0.05) is 29.5 Å². The van der Waals surface area contributed by atoms with E-state index in [9.17, 15) is 9.90 Å². The zero-order chi connectivity index (χ0) is 16.4. The van der Waals surface area contributed by atoms with Crippen LogP contribution in [0.5, 0.6) is 11.5 Å². The number of benzene rings is 1. The van der Waals surface area contributed by atoms with Crippen LogP contribution in [0.4, 0.5) is 0 Å². The molecule has 1 N–H and O–H groups in total. The highest BCUT2D eigenvalue weighted by molar-refractivity contribution is 6.29. The summed E-state index contributed by atoms with van der Waals surface area (Å²) in [7, 11) is 0. The van der Waals surface area contributed by atoms with Crippen molar-refractivity contribution in [1.82, 2.24) is 0 Å². The first-order chi connectivity index (χ1) is 11.0. The second-order valence-electron chi connectivity index (χ2n) is 5.58. The van der Waals surface area contributed by atoms with Crippen LogP contribution in [0.1, 0.15) is 25.3 Å². The third kappa shape index (κ3) is 3.40. The number of phenolic OH excluding ortho intramolecular Hbond substituents is 1. The normalized spacial score (nSPS) is 22.8. The standard InChI is InChI=1S/C19H17ClO3/c1-12-19(13-4-2-6-15(20)7-3-5-13)17(22)10-14-8-9-16(21)11-18(14)23-12/h2,4-5,7-9,11,21H,3,6,10H2,1H3/b4-2?,13-5+,15-7+. The van der Waals surface area contributed by atoms with Gasteiger partial charge in [-0.25, -0.2) is 0 Å². The molecule has 0 fully saturated rings. The number of phenols is 1. The highest BCUT2D eigenvalue weighted by Gasteiger charge is 2.24. The van der Waals surface area contributed by atoms with Gasteiger partial charge in [-0.2, -0.15) is 0 Å². The highest BCUT2D eigenvalue weighted by atomic mass is 35.5. The van der Waals surface area contributed by atoms with E-state index in [0.29, 0.717) is 29.9 Å². The molecule has 0 aromatic heterocycles. The molecule has 1 aromatic carbocycles. The van der Waals surface area contributed by atoms with Gasteiger partial charge in [-0.05, 0) is 25.0 Å². The first kappa shape index (κ1) is 15.6. The lowest BCUT2D eigenvalue weighted by Crippen LogP contribution is -2.09. The molecule has 1 aliphatic carbocycles. The van der Waals surface area contributed by atoms with Gasteiger partial charge in [0.25, 0.3) is 0 Å². The number of allylic oxidation sites excluding steroid dienone is 8. The van der Waals surface area contributed by atoms with Crippen LogP contribution in [0.15, 0.2) is 64.4 Å². The largest absolute Gasteiger partial charge is 0.508 e. The fourth-order valence-corrected chi connectivity index (χ4v) is 2.95. The summed E-state index contributed by atoms with van der Waals surface area (Å²) in [6.07, 6.45) is 9.38. The van der Waals surface area contributed by atoms with Crippen LogP contribution in [0, 0.1) is 0 Å². The van der Waals surface area contributed by atoms with E-state index in [1.165, 1.54) is 0 Å². The van der Waals surface area contributed by atoms with Gasteiger partial charge in [-0.15, -0.1) is 0 Å². The Morgan fingerprint density at radius 3 is 2.91 bits per heavy atom. The maximum Gasteiger partial charge on any atom is 0.171 e. The van der Waals surface area contributed by atoms with E-state index in [4.69, 9.17) is 16.3 Å². The van der Waals surface area contributed by atoms with Gasteiger partial charge in [-0.1, -0.05) is 42.0 Å². The molecular weight excluding hydrogens is 312 g/mol. The highest BCUT2D eigenvalue weighted by Crippen LogP contribution is 2.33. The summed E-state index contributed by atoms with van der Waals surface area (Å²) in [6, 6.07) is 4.83. The molecule has 2 aliphatic rings. The fourth-order valence-electron chi connectivity index (χ4n) is 2.77. The summed E-state index contributed by atoms with van der Waals surface area (Å²) in [4.78, 5) is 12.7. The Kier molecular flexibility index (Phi) is 4.39. The Hall–Kier alpha value is -2.26. The molecule has 0 bridgehead atoms.